The smallest absolute Gasteiger partial charge is 0.292 e. The highest BCUT2D eigenvalue weighted by atomic mass is 16.5. The number of ether oxygens (including phenoxy) is 2. The van der Waals surface area contributed by atoms with Crippen LogP contribution in [-0.2, 0) is 5.41 Å². The molecule has 3 rings (SSSR count). The van der Waals surface area contributed by atoms with E-state index in [1.54, 1.807) is 12.5 Å². The molecule has 0 aromatic heterocycles. The molecular weight excluding hydrogens is 348 g/mol. The molecule has 0 amide bonds. The zero-order valence-corrected chi connectivity index (χ0v) is 16.5. The van der Waals surface area contributed by atoms with Gasteiger partial charge in [0.2, 0.25) is 0 Å². The fourth-order valence-corrected chi connectivity index (χ4v) is 3.71. The van der Waals surface area contributed by atoms with E-state index in [2.05, 4.69) is 32.9 Å². The van der Waals surface area contributed by atoms with Crippen LogP contribution in [0.4, 0.5) is 0 Å². The molecule has 0 heterocycles. The van der Waals surface area contributed by atoms with E-state index >= 15 is 0 Å². The third-order valence-electron chi connectivity index (χ3n) is 5.24. The molecule has 4 heteroatoms. The van der Waals surface area contributed by atoms with E-state index in [0.717, 1.165) is 24.8 Å². The summed E-state index contributed by atoms with van der Waals surface area (Å²) in [4.78, 5) is 0. The number of hydrogen-bond donors (Lipinski definition) is 0. The molecule has 0 saturated heterocycles. The number of hydrogen-bond acceptors (Lipinski definition) is 4. The molecule has 1 aliphatic rings. The SMILES string of the molecule is CC(C)(C)c1cc(C2=CCC(c3ccc(OC#N)cc3)CC2)ccc1OC#N. The van der Waals surface area contributed by atoms with Gasteiger partial charge in [-0.3, -0.25) is 0 Å². The van der Waals surface area contributed by atoms with Gasteiger partial charge in [-0.05, 0) is 71.6 Å². The van der Waals surface area contributed by atoms with Gasteiger partial charge in [-0.1, -0.05) is 45.0 Å². The largest absolute Gasteiger partial charge is 0.388 e. The molecule has 0 bridgehead atoms. The Morgan fingerprint density at radius 1 is 0.964 bits per heavy atom. The Hall–Kier alpha value is -3.24. The third kappa shape index (κ3) is 4.35. The van der Waals surface area contributed by atoms with Gasteiger partial charge in [0.15, 0.2) is 0 Å². The molecule has 1 atom stereocenters. The molecule has 0 saturated carbocycles. The lowest BCUT2D eigenvalue weighted by Gasteiger charge is -2.25. The van der Waals surface area contributed by atoms with E-state index in [1.807, 2.05) is 36.4 Å². The van der Waals surface area contributed by atoms with Gasteiger partial charge in [0.1, 0.15) is 11.5 Å². The summed E-state index contributed by atoms with van der Waals surface area (Å²) in [5.74, 6) is 1.68. The molecule has 0 radical (unpaired) electrons. The maximum atomic E-state index is 8.91. The maximum absolute atomic E-state index is 8.91. The normalized spacial score (nSPS) is 16.5. The van der Waals surface area contributed by atoms with Gasteiger partial charge >= 0.3 is 0 Å². The van der Waals surface area contributed by atoms with E-state index < -0.39 is 0 Å². The average molecular weight is 372 g/mol. The van der Waals surface area contributed by atoms with Crippen LogP contribution in [0.25, 0.3) is 5.57 Å². The van der Waals surface area contributed by atoms with Crippen LogP contribution in [0.1, 0.15) is 62.6 Å². The Labute approximate surface area is 166 Å². The zero-order valence-electron chi connectivity index (χ0n) is 16.5. The van der Waals surface area contributed by atoms with Crippen LogP contribution >= 0.6 is 0 Å². The van der Waals surface area contributed by atoms with Gasteiger partial charge in [0.05, 0.1) is 0 Å². The fourth-order valence-electron chi connectivity index (χ4n) is 3.71. The first-order valence-corrected chi connectivity index (χ1v) is 9.48. The van der Waals surface area contributed by atoms with Gasteiger partial charge in [0.25, 0.3) is 12.5 Å². The summed E-state index contributed by atoms with van der Waals surface area (Å²) in [7, 11) is 0. The Morgan fingerprint density at radius 2 is 1.68 bits per heavy atom. The first-order valence-electron chi connectivity index (χ1n) is 9.48. The Balaban J connectivity index is 1.79. The van der Waals surface area contributed by atoms with Crippen molar-refractivity contribution in [1.82, 2.24) is 0 Å². The van der Waals surface area contributed by atoms with Crippen molar-refractivity contribution in [3.8, 4) is 24.0 Å². The molecule has 4 nitrogen and oxygen atoms in total. The van der Waals surface area contributed by atoms with Gasteiger partial charge in [-0.15, -0.1) is 10.5 Å². The number of allylic oxidation sites excluding steroid dienone is 2. The predicted molar refractivity (Wildman–Crippen MR) is 109 cm³/mol. The lowest BCUT2D eigenvalue weighted by atomic mass is 9.80. The second-order valence-electron chi connectivity index (χ2n) is 8.12. The molecular formula is C24H24N2O2. The van der Waals surface area contributed by atoms with Crippen molar-refractivity contribution in [1.29, 1.82) is 10.5 Å². The first-order chi connectivity index (χ1) is 13.4. The summed E-state index contributed by atoms with van der Waals surface area (Å²) >= 11 is 0. The minimum atomic E-state index is -0.104. The number of nitrogens with zero attached hydrogens (tertiary/aromatic N) is 2. The Bertz CT molecular complexity index is 954. The lowest BCUT2D eigenvalue weighted by molar-refractivity contribution is 0.474. The summed E-state index contributed by atoms with van der Waals surface area (Å²) in [6.45, 7) is 6.38. The highest BCUT2D eigenvalue weighted by molar-refractivity contribution is 5.68. The van der Waals surface area contributed by atoms with Gasteiger partial charge < -0.3 is 9.47 Å². The van der Waals surface area contributed by atoms with Crippen molar-refractivity contribution in [2.45, 2.75) is 51.4 Å². The van der Waals surface area contributed by atoms with Crippen molar-refractivity contribution in [2.75, 3.05) is 0 Å². The fraction of sp³-hybridized carbons (Fsp3) is 0.333. The molecule has 1 unspecified atom stereocenters. The van der Waals surface area contributed by atoms with E-state index in [9.17, 15) is 0 Å². The van der Waals surface area contributed by atoms with Gasteiger partial charge in [-0.2, -0.15) is 0 Å². The first kappa shape index (κ1) is 19.5. The standard InChI is InChI=1S/C24H24N2O2/c1-24(2,3)22-14-20(10-13-23(22)28-16-26)19-6-4-17(5-7-19)18-8-11-21(12-9-18)27-15-25/h6,8-14,17H,4-5,7H2,1-3H3. The predicted octanol–water partition coefficient (Wildman–Crippen LogP) is 6.05. The summed E-state index contributed by atoms with van der Waals surface area (Å²) in [5.41, 5.74) is 4.75. The Kier molecular flexibility index (Phi) is 5.71. The molecule has 2 aromatic rings. The second kappa shape index (κ2) is 8.19. The molecule has 0 spiro atoms. The molecule has 2 aromatic carbocycles. The Morgan fingerprint density at radius 3 is 2.25 bits per heavy atom. The number of rotatable bonds is 4. The van der Waals surface area contributed by atoms with Crippen LogP contribution in [0, 0.1) is 23.0 Å². The minimum absolute atomic E-state index is 0.104. The molecule has 1 aliphatic carbocycles. The van der Waals surface area contributed by atoms with Crippen LogP contribution < -0.4 is 9.47 Å². The average Bonchev–Trinajstić information content (AvgIpc) is 2.69. The molecule has 28 heavy (non-hydrogen) atoms. The van der Waals surface area contributed by atoms with Gasteiger partial charge in [-0.25, -0.2) is 0 Å². The maximum Gasteiger partial charge on any atom is 0.292 e. The molecule has 142 valence electrons. The van der Waals surface area contributed by atoms with Crippen LogP contribution in [0.5, 0.6) is 11.5 Å². The van der Waals surface area contributed by atoms with Crippen molar-refractivity contribution in [3.63, 3.8) is 0 Å². The van der Waals surface area contributed by atoms with Crippen molar-refractivity contribution in [2.24, 2.45) is 0 Å². The molecule has 0 fully saturated rings. The summed E-state index contributed by atoms with van der Waals surface area (Å²) < 4.78 is 10.0. The van der Waals surface area contributed by atoms with Crippen molar-refractivity contribution < 1.29 is 9.47 Å². The van der Waals surface area contributed by atoms with Crippen LogP contribution in [0.3, 0.4) is 0 Å². The van der Waals surface area contributed by atoms with E-state index in [4.69, 9.17) is 20.0 Å². The van der Waals surface area contributed by atoms with Crippen LogP contribution in [0.15, 0.2) is 48.5 Å². The third-order valence-corrected chi connectivity index (χ3v) is 5.24. The summed E-state index contributed by atoms with van der Waals surface area (Å²) in [5, 5.41) is 17.5. The molecule has 0 aliphatic heterocycles. The van der Waals surface area contributed by atoms with Crippen molar-refractivity contribution >= 4 is 5.57 Å². The van der Waals surface area contributed by atoms with Crippen molar-refractivity contribution in [3.05, 3.63) is 65.2 Å². The lowest BCUT2D eigenvalue weighted by Crippen LogP contribution is -2.13. The second-order valence-corrected chi connectivity index (χ2v) is 8.12. The highest BCUT2D eigenvalue weighted by Crippen LogP contribution is 2.39. The summed E-state index contributed by atoms with van der Waals surface area (Å²) in [6.07, 6.45) is 8.87. The van der Waals surface area contributed by atoms with E-state index in [-0.39, 0.29) is 5.41 Å². The zero-order chi connectivity index (χ0) is 20.1. The van der Waals surface area contributed by atoms with Crippen LogP contribution in [0.2, 0.25) is 0 Å². The topological polar surface area (TPSA) is 66.0 Å². The van der Waals surface area contributed by atoms with Crippen LogP contribution in [-0.4, -0.2) is 0 Å². The minimum Gasteiger partial charge on any atom is -0.388 e. The summed E-state index contributed by atoms with van der Waals surface area (Å²) in [6, 6.07) is 13.9. The van der Waals surface area contributed by atoms with E-state index in [1.165, 1.54) is 16.7 Å². The quantitative estimate of drug-likeness (QED) is 0.612. The monoisotopic (exact) mass is 372 g/mol. The number of nitriles is 2. The van der Waals surface area contributed by atoms with Gasteiger partial charge in [0, 0.05) is 5.56 Å². The number of benzene rings is 2. The van der Waals surface area contributed by atoms with E-state index in [0.29, 0.717) is 17.4 Å². The molecule has 0 N–H and O–H groups in total. The highest BCUT2D eigenvalue weighted by Gasteiger charge is 2.22.